The van der Waals surface area contributed by atoms with Gasteiger partial charge >= 0.3 is 0 Å². The van der Waals surface area contributed by atoms with Crippen molar-refractivity contribution < 1.29 is 14.3 Å². The Bertz CT molecular complexity index is 774. The van der Waals surface area contributed by atoms with E-state index >= 15 is 0 Å². The summed E-state index contributed by atoms with van der Waals surface area (Å²) in [5.41, 5.74) is 2.36. The number of fused-ring (bicyclic) bond motifs is 1. The number of nitrogens with zero attached hydrogens (tertiary/aromatic N) is 1. The second kappa shape index (κ2) is 8.52. The van der Waals surface area contributed by atoms with E-state index in [1.165, 1.54) is 0 Å². The Hall–Kier alpha value is -2.82. The van der Waals surface area contributed by atoms with Crippen LogP contribution in [0, 0.1) is 0 Å². The number of hydrogen-bond donors (Lipinski definition) is 1. The van der Waals surface area contributed by atoms with Gasteiger partial charge in [0.2, 0.25) is 5.91 Å². The van der Waals surface area contributed by atoms with Crippen LogP contribution in [0.1, 0.15) is 31.7 Å². The summed E-state index contributed by atoms with van der Waals surface area (Å²) >= 11 is 0. The predicted molar refractivity (Wildman–Crippen MR) is 103 cm³/mol. The normalized spacial score (nSPS) is 13.1. The number of carbonyl (C=O) groups excluding carboxylic acids is 2. The van der Waals surface area contributed by atoms with E-state index < -0.39 is 0 Å². The van der Waals surface area contributed by atoms with Crippen molar-refractivity contribution in [1.29, 1.82) is 0 Å². The van der Waals surface area contributed by atoms with Crippen LogP contribution in [-0.4, -0.2) is 25.0 Å². The van der Waals surface area contributed by atoms with Crippen molar-refractivity contribution in [2.75, 3.05) is 23.4 Å². The fourth-order valence-corrected chi connectivity index (χ4v) is 3.03. The van der Waals surface area contributed by atoms with Crippen LogP contribution in [0.2, 0.25) is 0 Å². The molecule has 2 aromatic carbocycles. The number of amides is 2. The molecule has 0 spiro atoms. The number of nitrogens with one attached hydrogen (secondary N) is 1. The fourth-order valence-electron chi connectivity index (χ4n) is 3.03. The van der Waals surface area contributed by atoms with Crippen LogP contribution in [0.5, 0.6) is 5.75 Å². The Balaban J connectivity index is 1.72. The van der Waals surface area contributed by atoms with Gasteiger partial charge in [-0.25, -0.2) is 0 Å². The van der Waals surface area contributed by atoms with E-state index in [1.54, 1.807) is 4.90 Å². The molecule has 5 nitrogen and oxygen atoms in total. The SMILES string of the molecule is CCCCCN1C(=O)COc2ccc(NC(=O)Cc3ccccc3)cc21. The van der Waals surface area contributed by atoms with Gasteiger partial charge in [-0.1, -0.05) is 50.1 Å². The second-order valence-corrected chi connectivity index (χ2v) is 6.43. The summed E-state index contributed by atoms with van der Waals surface area (Å²) in [7, 11) is 0. The van der Waals surface area contributed by atoms with Crippen LogP contribution in [0.15, 0.2) is 48.5 Å². The van der Waals surface area contributed by atoms with Crippen LogP contribution < -0.4 is 15.0 Å². The third kappa shape index (κ3) is 4.42. The number of ether oxygens (including phenoxy) is 1. The van der Waals surface area contributed by atoms with Gasteiger partial charge in [0.15, 0.2) is 6.61 Å². The molecular formula is C21H24N2O3. The van der Waals surface area contributed by atoms with Gasteiger partial charge in [0.1, 0.15) is 5.75 Å². The van der Waals surface area contributed by atoms with Gasteiger partial charge in [-0.05, 0) is 30.2 Å². The average molecular weight is 352 g/mol. The van der Waals surface area contributed by atoms with Gasteiger partial charge in [-0.2, -0.15) is 0 Å². The Morgan fingerprint density at radius 3 is 2.73 bits per heavy atom. The van der Waals surface area contributed by atoms with Crippen molar-refractivity contribution >= 4 is 23.2 Å². The van der Waals surface area contributed by atoms with E-state index in [0.717, 1.165) is 30.5 Å². The molecule has 0 bridgehead atoms. The smallest absolute Gasteiger partial charge is 0.265 e. The summed E-state index contributed by atoms with van der Waals surface area (Å²) in [5.74, 6) is 0.556. The molecule has 1 N–H and O–H groups in total. The van der Waals surface area contributed by atoms with Crippen LogP contribution in [0.25, 0.3) is 0 Å². The number of unbranched alkanes of at least 4 members (excludes halogenated alkanes) is 2. The van der Waals surface area contributed by atoms with Crippen molar-refractivity contribution in [2.45, 2.75) is 32.6 Å². The van der Waals surface area contributed by atoms with Crippen molar-refractivity contribution in [2.24, 2.45) is 0 Å². The highest BCUT2D eigenvalue weighted by Gasteiger charge is 2.25. The highest BCUT2D eigenvalue weighted by atomic mass is 16.5. The molecule has 0 aromatic heterocycles. The summed E-state index contributed by atoms with van der Waals surface area (Å²) in [6.45, 7) is 2.87. The van der Waals surface area contributed by atoms with Gasteiger partial charge in [0.05, 0.1) is 12.1 Å². The van der Waals surface area contributed by atoms with Crippen molar-refractivity contribution in [3.05, 3.63) is 54.1 Å². The minimum absolute atomic E-state index is 0.0404. The molecule has 1 aliphatic heterocycles. The van der Waals surface area contributed by atoms with Gasteiger partial charge in [0, 0.05) is 12.2 Å². The minimum Gasteiger partial charge on any atom is -0.482 e. The summed E-state index contributed by atoms with van der Waals surface area (Å²) in [6, 6.07) is 15.0. The van der Waals surface area contributed by atoms with E-state index in [-0.39, 0.29) is 18.4 Å². The van der Waals surface area contributed by atoms with Crippen molar-refractivity contribution in [3.63, 3.8) is 0 Å². The largest absolute Gasteiger partial charge is 0.482 e. The molecule has 5 heteroatoms. The Morgan fingerprint density at radius 1 is 1.15 bits per heavy atom. The maximum Gasteiger partial charge on any atom is 0.265 e. The average Bonchev–Trinajstić information content (AvgIpc) is 2.64. The molecular weight excluding hydrogens is 328 g/mol. The molecule has 0 fully saturated rings. The van der Waals surface area contributed by atoms with Crippen molar-refractivity contribution in [3.8, 4) is 5.75 Å². The predicted octanol–water partition coefficient (Wildman–Crippen LogP) is 3.78. The molecule has 0 saturated carbocycles. The highest BCUT2D eigenvalue weighted by molar-refractivity contribution is 5.99. The molecule has 2 amide bonds. The van der Waals surface area contributed by atoms with E-state index in [2.05, 4.69) is 12.2 Å². The van der Waals surface area contributed by atoms with Gasteiger partial charge in [-0.3, -0.25) is 9.59 Å². The lowest BCUT2D eigenvalue weighted by Gasteiger charge is -2.30. The zero-order chi connectivity index (χ0) is 18.4. The van der Waals surface area contributed by atoms with E-state index in [4.69, 9.17) is 4.74 Å². The minimum atomic E-state index is -0.0864. The van der Waals surface area contributed by atoms with E-state index in [9.17, 15) is 9.59 Å². The summed E-state index contributed by atoms with van der Waals surface area (Å²) in [6.07, 6.45) is 3.44. The first-order chi connectivity index (χ1) is 12.7. The lowest BCUT2D eigenvalue weighted by Crippen LogP contribution is -2.39. The number of rotatable bonds is 7. The molecule has 0 atom stereocenters. The summed E-state index contributed by atoms with van der Waals surface area (Å²) < 4.78 is 5.52. The van der Waals surface area contributed by atoms with Gasteiger partial charge in [-0.15, -0.1) is 0 Å². The molecule has 0 radical (unpaired) electrons. The Labute approximate surface area is 154 Å². The zero-order valence-corrected chi connectivity index (χ0v) is 15.0. The lowest BCUT2D eigenvalue weighted by molar-refractivity contribution is -0.121. The number of anilines is 2. The van der Waals surface area contributed by atoms with Gasteiger partial charge in [0.25, 0.3) is 5.91 Å². The molecule has 3 rings (SSSR count). The monoisotopic (exact) mass is 352 g/mol. The third-order valence-corrected chi connectivity index (χ3v) is 4.38. The summed E-state index contributed by atoms with van der Waals surface area (Å²) in [5, 5.41) is 2.91. The maximum atomic E-state index is 12.3. The fraction of sp³-hybridized carbons (Fsp3) is 0.333. The first-order valence-electron chi connectivity index (χ1n) is 9.08. The van der Waals surface area contributed by atoms with Crippen LogP contribution in [-0.2, 0) is 16.0 Å². The van der Waals surface area contributed by atoms with Crippen LogP contribution in [0.4, 0.5) is 11.4 Å². The first-order valence-corrected chi connectivity index (χ1v) is 9.08. The van der Waals surface area contributed by atoms with Gasteiger partial charge < -0.3 is 15.0 Å². The quantitative estimate of drug-likeness (QED) is 0.772. The molecule has 1 aliphatic rings. The molecule has 0 unspecified atom stereocenters. The van der Waals surface area contributed by atoms with Crippen LogP contribution >= 0.6 is 0 Å². The standard InChI is InChI=1S/C21H24N2O3/c1-2-3-7-12-23-18-14-17(10-11-19(18)26-15-21(23)25)22-20(24)13-16-8-5-4-6-9-16/h4-6,8-11,14H,2-3,7,12-13,15H2,1H3,(H,22,24). The first kappa shape index (κ1) is 18.0. The maximum absolute atomic E-state index is 12.3. The molecule has 0 aliphatic carbocycles. The molecule has 26 heavy (non-hydrogen) atoms. The second-order valence-electron chi connectivity index (χ2n) is 6.43. The van der Waals surface area contributed by atoms with E-state index in [1.807, 2.05) is 48.5 Å². The Morgan fingerprint density at radius 2 is 1.96 bits per heavy atom. The number of carbonyl (C=O) groups is 2. The van der Waals surface area contributed by atoms with E-state index in [0.29, 0.717) is 24.4 Å². The van der Waals surface area contributed by atoms with Crippen LogP contribution in [0.3, 0.4) is 0 Å². The number of benzene rings is 2. The molecule has 2 aromatic rings. The highest BCUT2D eigenvalue weighted by Crippen LogP contribution is 2.34. The Kier molecular flexibility index (Phi) is 5.89. The molecule has 0 saturated heterocycles. The number of hydrogen-bond acceptors (Lipinski definition) is 3. The molecule has 136 valence electrons. The lowest BCUT2D eigenvalue weighted by atomic mass is 10.1. The topological polar surface area (TPSA) is 58.6 Å². The zero-order valence-electron chi connectivity index (χ0n) is 15.0. The molecule has 1 heterocycles. The summed E-state index contributed by atoms with van der Waals surface area (Å²) in [4.78, 5) is 26.3. The third-order valence-electron chi connectivity index (χ3n) is 4.38. The van der Waals surface area contributed by atoms with Crippen molar-refractivity contribution in [1.82, 2.24) is 0 Å².